The van der Waals surface area contributed by atoms with Crippen LogP contribution in [0.25, 0.3) is 0 Å². The van der Waals surface area contributed by atoms with E-state index >= 15 is 0 Å². The molecule has 0 aliphatic carbocycles. The van der Waals surface area contributed by atoms with E-state index in [-0.39, 0.29) is 0 Å². The first-order valence-electron chi connectivity index (χ1n) is 3.09. The molecule has 1 heteroatoms. The van der Waals surface area contributed by atoms with Gasteiger partial charge in [-0.25, -0.2) is 0 Å². The number of hydrogen-bond donors (Lipinski definition) is 0. The van der Waals surface area contributed by atoms with E-state index in [1.807, 2.05) is 6.92 Å². The molecule has 0 aliphatic rings. The van der Waals surface area contributed by atoms with Crippen molar-refractivity contribution in [1.82, 2.24) is 0 Å². The molecule has 0 amide bonds. The van der Waals surface area contributed by atoms with Crippen molar-refractivity contribution in [2.75, 3.05) is 5.88 Å². The van der Waals surface area contributed by atoms with E-state index in [1.54, 1.807) is 0 Å². The van der Waals surface area contributed by atoms with E-state index in [2.05, 4.69) is 12.2 Å². The second kappa shape index (κ2) is 7.03. The molecule has 0 saturated carbocycles. The second-order valence-corrected chi connectivity index (χ2v) is 2.13. The van der Waals surface area contributed by atoms with Gasteiger partial charge in [0.15, 0.2) is 0 Å². The minimum absolute atomic E-state index is 0.803. The number of alkyl halides is 1. The molecule has 0 unspecified atom stereocenters. The number of allylic oxidation sites excluding steroid dienone is 2. The van der Waals surface area contributed by atoms with Crippen LogP contribution in [-0.4, -0.2) is 5.88 Å². The molecule has 0 radical (unpaired) electrons. The number of hydrogen-bond acceptors (Lipinski definition) is 0. The zero-order valence-corrected chi connectivity index (χ0v) is 6.12. The first-order chi connectivity index (χ1) is 3.91. The molecular weight excluding hydrogens is 120 g/mol. The van der Waals surface area contributed by atoms with E-state index in [0.29, 0.717) is 0 Å². The fourth-order valence-electron chi connectivity index (χ4n) is 0.523. The maximum Gasteiger partial charge on any atom is 0.0223 e. The zero-order chi connectivity index (χ0) is 6.24. The van der Waals surface area contributed by atoms with Gasteiger partial charge in [0.05, 0.1) is 0 Å². The highest BCUT2D eigenvalue weighted by Gasteiger charge is 1.79. The topological polar surface area (TPSA) is 0 Å². The third-order valence-corrected chi connectivity index (χ3v) is 1.26. The summed E-state index contributed by atoms with van der Waals surface area (Å²) < 4.78 is 0. The standard InChI is InChI=1S/C7H13Cl/c1-2-3-4-5-6-7-8/h2-3H,4-7H2,1H3. The van der Waals surface area contributed by atoms with Gasteiger partial charge < -0.3 is 0 Å². The third-order valence-electron chi connectivity index (χ3n) is 0.990. The molecule has 0 nitrogen and oxygen atoms in total. The third kappa shape index (κ3) is 6.03. The maximum atomic E-state index is 5.46. The van der Waals surface area contributed by atoms with Crippen LogP contribution in [-0.2, 0) is 0 Å². The lowest BCUT2D eigenvalue weighted by atomic mass is 10.2. The molecule has 0 N–H and O–H groups in total. The number of halogens is 1. The van der Waals surface area contributed by atoms with Crippen LogP contribution in [0.4, 0.5) is 0 Å². The monoisotopic (exact) mass is 132 g/mol. The summed E-state index contributed by atoms with van der Waals surface area (Å²) >= 11 is 5.46. The van der Waals surface area contributed by atoms with Gasteiger partial charge in [0.25, 0.3) is 0 Å². The molecule has 0 aliphatic heterocycles. The average Bonchev–Trinajstić information content (AvgIpc) is 1.81. The van der Waals surface area contributed by atoms with Crippen LogP contribution in [0.1, 0.15) is 26.2 Å². The highest BCUT2D eigenvalue weighted by molar-refractivity contribution is 6.17. The van der Waals surface area contributed by atoms with E-state index in [4.69, 9.17) is 11.6 Å². The van der Waals surface area contributed by atoms with Crippen molar-refractivity contribution in [1.29, 1.82) is 0 Å². The van der Waals surface area contributed by atoms with Gasteiger partial charge in [-0.1, -0.05) is 12.2 Å². The van der Waals surface area contributed by atoms with Gasteiger partial charge in [0, 0.05) is 5.88 Å². The Morgan fingerprint density at radius 3 is 2.62 bits per heavy atom. The predicted octanol–water partition coefficient (Wildman–Crippen LogP) is 2.97. The normalized spacial score (nSPS) is 10.8. The summed E-state index contributed by atoms with van der Waals surface area (Å²) in [6.07, 6.45) is 7.81. The number of unbranched alkanes of at least 4 members (excludes halogenated alkanes) is 2. The smallest absolute Gasteiger partial charge is 0.0223 e. The van der Waals surface area contributed by atoms with E-state index < -0.39 is 0 Å². The molecule has 0 fully saturated rings. The summed E-state index contributed by atoms with van der Waals surface area (Å²) in [4.78, 5) is 0. The molecule has 0 saturated heterocycles. The van der Waals surface area contributed by atoms with Crippen molar-refractivity contribution in [3.05, 3.63) is 12.2 Å². The summed E-state index contributed by atoms with van der Waals surface area (Å²) in [6.45, 7) is 2.04. The molecule has 0 spiro atoms. The van der Waals surface area contributed by atoms with Crippen LogP contribution in [0.3, 0.4) is 0 Å². The molecule has 8 heavy (non-hydrogen) atoms. The van der Waals surface area contributed by atoms with Gasteiger partial charge in [0.1, 0.15) is 0 Å². The lowest BCUT2D eigenvalue weighted by molar-refractivity contribution is 0.819. The molecule has 0 bridgehead atoms. The second-order valence-electron chi connectivity index (χ2n) is 1.75. The van der Waals surface area contributed by atoms with Gasteiger partial charge in [0.2, 0.25) is 0 Å². The molecule has 0 heterocycles. The Morgan fingerprint density at radius 2 is 2.12 bits per heavy atom. The van der Waals surface area contributed by atoms with Gasteiger partial charge in [-0.3, -0.25) is 0 Å². The molecule has 0 atom stereocenters. The van der Waals surface area contributed by atoms with Crippen molar-refractivity contribution in [3.63, 3.8) is 0 Å². The van der Waals surface area contributed by atoms with Crippen LogP contribution >= 0.6 is 11.6 Å². The zero-order valence-electron chi connectivity index (χ0n) is 5.36. The van der Waals surface area contributed by atoms with E-state index in [0.717, 1.165) is 12.3 Å². The summed E-state index contributed by atoms with van der Waals surface area (Å²) in [6, 6.07) is 0. The Kier molecular flexibility index (Phi) is 7.06. The minimum atomic E-state index is 0.803. The molecule has 0 aromatic carbocycles. The summed E-state index contributed by atoms with van der Waals surface area (Å²) in [5, 5.41) is 0. The molecular formula is C7H13Cl. The molecule has 0 aromatic rings. The maximum absolute atomic E-state index is 5.46. The van der Waals surface area contributed by atoms with Crippen LogP contribution in [0, 0.1) is 0 Å². The Labute approximate surface area is 56.5 Å². The van der Waals surface area contributed by atoms with Crippen molar-refractivity contribution >= 4 is 11.6 Å². The van der Waals surface area contributed by atoms with E-state index in [9.17, 15) is 0 Å². The van der Waals surface area contributed by atoms with Gasteiger partial charge in [-0.2, -0.15) is 0 Å². The highest BCUT2D eigenvalue weighted by atomic mass is 35.5. The van der Waals surface area contributed by atoms with Crippen LogP contribution in [0.5, 0.6) is 0 Å². The lowest BCUT2D eigenvalue weighted by Crippen LogP contribution is -1.72. The largest absolute Gasteiger partial charge is 0.127 e. The quantitative estimate of drug-likeness (QED) is 0.314. The molecule has 0 rings (SSSR count). The van der Waals surface area contributed by atoms with Crippen LogP contribution in [0.15, 0.2) is 12.2 Å². The van der Waals surface area contributed by atoms with Crippen molar-refractivity contribution in [3.8, 4) is 0 Å². The first kappa shape index (κ1) is 8.03. The summed E-state index contributed by atoms with van der Waals surface area (Å²) in [7, 11) is 0. The van der Waals surface area contributed by atoms with Gasteiger partial charge >= 0.3 is 0 Å². The van der Waals surface area contributed by atoms with E-state index in [1.165, 1.54) is 12.8 Å². The fourth-order valence-corrected chi connectivity index (χ4v) is 0.712. The molecule has 48 valence electrons. The van der Waals surface area contributed by atoms with Gasteiger partial charge in [-0.05, 0) is 26.2 Å². The van der Waals surface area contributed by atoms with Crippen molar-refractivity contribution in [2.45, 2.75) is 26.2 Å². The van der Waals surface area contributed by atoms with Crippen molar-refractivity contribution < 1.29 is 0 Å². The SMILES string of the molecule is CC=CCCCCCl. The predicted molar refractivity (Wildman–Crippen MR) is 39.4 cm³/mol. The van der Waals surface area contributed by atoms with Crippen molar-refractivity contribution in [2.24, 2.45) is 0 Å². The first-order valence-corrected chi connectivity index (χ1v) is 3.62. The fraction of sp³-hybridized carbons (Fsp3) is 0.714. The average molecular weight is 133 g/mol. The van der Waals surface area contributed by atoms with Gasteiger partial charge in [-0.15, -0.1) is 11.6 Å². The summed E-state index contributed by atoms with van der Waals surface area (Å²) in [5.41, 5.74) is 0. The Balaban J connectivity index is 2.72. The highest BCUT2D eigenvalue weighted by Crippen LogP contribution is 1.97. The minimum Gasteiger partial charge on any atom is -0.127 e. The lowest BCUT2D eigenvalue weighted by Gasteiger charge is -1.87. The molecule has 0 aromatic heterocycles. The Morgan fingerprint density at radius 1 is 1.38 bits per heavy atom. The van der Waals surface area contributed by atoms with Crippen LogP contribution < -0.4 is 0 Å². The number of rotatable bonds is 4. The Hall–Kier alpha value is 0.0300. The summed E-state index contributed by atoms with van der Waals surface area (Å²) in [5.74, 6) is 0.803. The Bertz CT molecular complexity index is 57.4. The van der Waals surface area contributed by atoms with Crippen LogP contribution in [0.2, 0.25) is 0 Å².